The first-order chi connectivity index (χ1) is 9.65. The lowest BCUT2D eigenvalue weighted by Gasteiger charge is -2.17. The Morgan fingerprint density at radius 1 is 1.40 bits per heavy atom. The maximum absolute atomic E-state index is 13.1. The van der Waals surface area contributed by atoms with Crippen LogP contribution < -0.4 is 0 Å². The number of carbonyl (C=O) groups excluding carboxylic acids is 1. The molecule has 1 unspecified atom stereocenters. The SMILES string of the molecule is O=C1CCOCC1c1nc(-c2ccc(F)cc2Br)no1. The maximum Gasteiger partial charge on any atom is 0.239 e. The van der Waals surface area contributed by atoms with Gasteiger partial charge >= 0.3 is 0 Å². The van der Waals surface area contributed by atoms with E-state index in [0.717, 1.165) is 0 Å². The Kier molecular flexibility index (Phi) is 3.62. The molecule has 104 valence electrons. The Morgan fingerprint density at radius 2 is 2.25 bits per heavy atom. The molecule has 0 saturated carbocycles. The molecule has 0 amide bonds. The minimum Gasteiger partial charge on any atom is -0.380 e. The lowest BCUT2D eigenvalue weighted by Crippen LogP contribution is -2.25. The number of rotatable bonds is 2. The summed E-state index contributed by atoms with van der Waals surface area (Å²) in [5.74, 6) is -0.291. The van der Waals surface area contributed by atoms with E-state index in [0.29, 0.717) is 28.9 Å². The van der Waals surface area contributed by atoms with Crippen LogP contribution in [0.15, 0.2) is 27.2 Å². The molecule has 1 atom stereocenters. The third-order valence-electron chi connectivity index (χ3n) is 3.08. The van der Waals surface area contributed by atoms with Crippen LogP contribution >= 0.6 is 15.9 Å². The van der Waals surface area contributed by atoms with E-state index in [9.17, 15) is 9.18 Å². The fourth-order valence-electron chi connectivity index (χ4n) is 2.01. The molecule has 5 nitrogen and oxygen atoms in total. The summed E-state index contributed by atoms with van der Waals surface area (Å²) in [4.78, 5) is 16.0. The smallest absolute Gasteiger partial charge is 0.239 e. The van der Waals surface area contributed by atoms with Gasteiger partial charge in [0.05, 0.1) is 13.2 Å². The molecule has 7 heteroatoms. The predicted molar refractivity (Wildman–Crippen MR) is 70.6 cm³/mol. The second kappa shape index (κ2) is 5.41. The molecule has 1 fully saturated rings. The van der Waals surface area contributed by atoms with Crippen molar-refractivity contribution in [1.82, 2.24) is 10.1 Å². The highest BCUT2D eigenvalue weighted by atomic mass is 79.9. The van der Waals surface area contributed by atoms with Gasteiger partial charge in [0, 0.05) is 16.5 Å². The van der Waals surface area contributed by atoms with Gasteiger partial charge in [0.1, 0.15) is 17.5 Å². The van der Waals surface area contributed by atoms with Gasteiger partial charge in [-0.2, -0.15) is 4.98 Å². The van der Waals surface area contributed by atoms with Gasteiger partial charge in [-0.05, 0) is 34.1 Å². The Bertz CT molecular complexity index is 659. The molecular weight excluding hydrogens is 331 g/mol. The molecule has 0 radical (unpaired) electrons. The topological polar surface area (TPSA) is 65.2 Å². The van der Waals surface area contributed by atoms with E-state index < -0.39 is 5.92 Å². The standard InChI is InChI=1S/C13H10BrFN2O3/c14-10-5-7(15)1-2-8(10)12-16-13(20-17-12)9-6-19-4-3-11(9)18/h1-2,5,9H,3-4,6H2. The van der Waals surface area contributed by atoms with Gasteiger partial charge in [-0.1, -0.05) is 5.16 Å². The second-order valence-electron chi connectivity index (χ2n) is 4.42. The average Bonchev–Trinajstić information content (AvgIpc) is 2.88. The van der Waals surface area contributed by atoms with Crippen LogP contribution in [0.25, 0.3) is 11.4 Å². The third-order valence-corrected chi connectivity index (χ3v) is 3.73. The van der Waals surface area contributed by atoms with Crippen molar-refractivity contribution in [3.05, 3.63) is 34.4 Å². The summed E-state index contributed by atoms with van der Waals surface area (Å²) >= 11 is 3.25. The number of ether oxygens (including phenoxy) is 1. The molecule has 20 heavy (non-hydrogen) atoms. The van der Waals surface area contributed by atoms with Gasteiger partial charge < -0.3 is 9.26 Å². The minimum atomic E-state index is -0.510. The highest BCUT2D eigenvalue weighted by Gasteiger charge is 2.30. The summed E-state index contributed by atoms with van der Waals surface area (Å²) in [7, 11) is 0. The van der Waals surface area contributed by atoms with Crippen LogP contribution in [0.2, 0.25) is 0 Å². The lowest BCUT2D eigenvalue weighted by molar-refractivity contribution is -0.127. The van der Waals surface area contributed by atoms with Gasteiger partial charge in [-0.3, -0.25) is 4.79 Å². The van der Waals surface area contributed by atoms with Crippen LogP contribution in [-0.4, -0.2) is 29.1 Å². The number of ketones is 1. The van der Waals surface area contributed by atoms with Gasteiger partial charge in [-0.25, -0.2) is 4.39 Å². The van der Waals surface area contributed by atoms with Crippen molar-refractivity contribution in [2.75, 3.05) is 13.2 Å². The zero-order valence-corrected chi connectivity index (χ0v) is 11.9. The van der Waals surface area contributed by atoms with Crippen LogP contribution in [0.4, 0.5) is 4.39 Å². The fraction of sp³-hybridized carbons (Fsp3) is 0.308. The quantitative estimate of drug-likeness (QED) is 0.840. The van der Waals surface area contributed by atoms with Crippen molar-refractivity contribution < 1.29 is 18.4 Å². The van der Waals surface area contributed by atoms with Gasteiger partial charge in [0.2, 0.25) is 11.7 Å². The number of hydrogen-bond donors (Lipinski definition) is 0. The van der Waals surface area contributed by atoms with E-state index in [1.54, 1.807) is 6.07 Å². The molecule has 0 N–H and O–H groups in total. The predicted octanol–water partition coefficient (Wildman–Crippen LogP) is 2.71. The van der Waals surface area contributed by atoms with E-state index in [2.05, 4.69) is 26.1 Å². The molecule has 0 aliphatic carbocycles. The summed E-state index contributed by atoms with van der Waals surface area (Å²) in [6, 6.07) is 4.18. The van der Waals surface area contributed by atoms with E-state index in [-0.39, 0.29) is 24.1 Å². The molecule has 1 saturated heterocycles. The van der Waals surface area contributed by atoms with Crippen molar-refractivity contribution in [3.8, 4) is 11.4 Å². The molecule has 1 aromatic heterocycles. The lowest BCUT2D eigenvalue weighted by atomic mass is 10.0. The molecule has 0 spiro atoms. The summed E-state index contributed by atoms with van der Waals surface area (Å²) in [6.07, 6.45) is 0.350. The minimum absolute atomic E-state index is 0.0321. The number of aromatic nitrogens is 2. The zero-order chi connectivity index (χ0) is 14.1. The third kappa shape index (κ3) is 2.51. The van der Waals surface area contributed by atoms with Gasteiger partial charge in [-0.15, -0.1) is 0 Å². The Morgan fingerprint density at radius 3 is 3.00 bits per heavy atom. The van der Waals surface area contributed by atoms with Crippen molar-refractivity contribution in [2.45, 2.75) is 12.3 Å². The van der Waals surface area contributed by atoms with Crippen LogP contribution in [-0.2, 0) is 9.53 Å². The van der Waals surface area contributed by atoms with Gasteiger partial charge in [0.25, 0.3) is 0 Å². The number of nitrogens with zero attached hydrogens (tertiary/aromatic N) is 2. The van der Waals surface area contributed by atoms with Gasteiger partial charge in [0.15, 0.2) is 0 Å². The molecule has 1 aromatic carbocycles. The number of benzene rings is 1. The van der Waals surface area contributed by atoms with Crippen LogP contribution in [0.1, 0.15) is 18.2 Å². The Balaban J connectivity index is 1.91. The second-order valence-corrected chi connectivity index (χ2v) is 5.28. The normalized spacial score (nSPS) is 19.3. The van der Waals surface area contributed by atoms with E-state index >= 15 is 0 Å². The molecule has 2 aromatic rings. The monoisotopic (exact) mass is 340 g/mol. The highest BCUT2D eigenvalue weighted by molar-refractivity contribution is 9.10. The average molecular weight is 341 g/mol. The fourth-order valence-corrected chi connectivity index (χ4v) is 2.54. The van der Waals surface area contributed by atoms with E-state index in [1.807, 2.05) is 0 Å². The zero-order valence-electron chi connectivity index (χ0n) is 10.3. The number of halogens is 2. The molecule has 2 heterocycles. The first kappa shape index (κ1) is 13.4. The first-order valence-corrected chi connectivity index (χ1v) is 6.84. The van der Waals surface area contributed by atoms with Crippen LogP contribution in [0.5, 0.6) is 0 Å². The molecule has 3 rings (SSSR count). The highest BCUT2D eigenvalue weighted by Crippen LogP contribution is 2.29. The largest absolute Gasteiger partial charge is 0.380 e. The molecule has 0 bridgehead atoms. The number of carbonyl (C=O) groups is 1. The molecular formula is C13H10BrFN2O3. The number of Topliss-reactive ketones (excluding diaryl/α,β-unsaturated/α-hetero) is 1. The number of hydrogen-bond acceptors (Lipinski definition) is 5. The Labute approximate surface area is 122 Å². The summed E-state index contributed by atoms with van der Waals surface area (Å²) in [6.45, 7) is 0.685. The van der Waals surface area contributed by atoms with Crippen LogP contribution in [0, 0.1) is 5.82 Å². The molecule has 1 aliphatic rings. The summed E-state index contributed by atoms with van der Waals surface area (Å²) in [5, 5.41) is 3.84. The maximum atomic E-state index is 13.1. The summed E-state index contributed by atoms with van der Waals surface area (Å²) < 4.78 is 24.0. The van der Waals surface area contributed by atoms with Crippen molar-refractivity contribution in [1.29, 1.82) is 0 Å². The van der Waals surface area contributed by atoms with E-state index in [1.165, 1.54) is 12.1 Å². The van der Waals surface area contributed by atoms with Crippen molar-refractivity contribution in [3.63, 3.8) is 0 Å². The van der Waals surface area contributed by atoms with Crippen molar-refractivity contribution >= 4 is 21.7 Å². The van der Waals surface area contributed by atoms with E-state index in [4.69, 9.17) is 9.26 Å². The summed E-state index contributed by atoms with van der Waals surface area (Å²) in [5.41, 5.74) is 0.602. The van der Waals surface area contributed by atoms with Crippen LogP contribution in [0.3, 0.4) is 0 Å². The molecule has 1 aliphatic heterocycles. The Hall–Kier alpha value is -1.60. The first-order valence-electron chi connectivity index (χ1n) is 6.04. The van der Waals surface area contributed by atoms with Crippen molar-refractivity contribution in [2.24, 2.45) is 0 Å².